The molecule has 0 spiro atoms. The Hall–Kier alpha value is -5.88. The van der Waals surface area contributed by atoms with E-state index in [1.54, 1.807) is 0 Å². The molecule has 0 unspecified atom stereocenters. The first-order chi connectivity index (χ1) is 22.5. The van der Waals surface area contributed by atoms with Crippen LogP contribution in [-0.4, -0.2) is 25.2 Å². The average molecular weight is 610 g/mol. The van der Waals surface area contributed by atoms with E-state index in [9.17, 15) is 9.59 Å². The van der Waals surface area contributed by atoms with Crippen molar-refractivity contribution in [3.05, 3.63) is 164 Å². The second-order valence-corrected chi connectivity index (χ2v) is 10.4. The lowest BCUT2D eigenvalue weighted by Crippen LogP contribution is -2.10. The Morgan fingerprint density at radius 1 is 0.522 bits per heavy atom. The van der Waals surface area contributed by atoms with E-state index in [1.165, 1.54) is 12.2 Å². The highest BCUT2D eigenvalue weighted by atomic mass is 16.5. The summed E-state index contributed by atoms with van der Waals surface area (Å²) < 4.78 is 16.2. The Morgan fingerprint density at radius 2 is 0.913 bits per heavy atom. The van der Waals surface area contributed by atoms with Gasteiger partial charge in [0.05, 0.1) is 13.2 Å². The Morgan fingerprint density at radius 3 is 1.35 bits per heavy atom. The fourth-order valence-electron chi connectivity index (χ4n) is 4.87. The van der Waals surface area contributed by atoms with Crippen molar-refractivity contribution >= 4 is 29.0 Å². The minimum atomic E-state index is -0.426. The number of esters is 2. The van der Waals surface area contributed by atoms with E-state index in [-0.39, 0.29) is 13.2 Å². The summed E-state index contributed by atoms with van der Waals surface area (Å²) in [5.74, 6) is 0.727. The monoisotopic (exact) mass is 609 g/mol. The largest absolute Gasteiger partial charge is 0.462 e. The summed E-state index contributed by atoms with van der Waals surface area (Å²) in [6.07, 6.45) is 3.55. The van der Waals surface area contributed by atoms with Crippen LogP contribution in [0.2, 0.25) is 0 Å². The van der Waals surface area contributed by atoms with Crippen LogP contribution >= 0.6 is 0 Å². The summed E-state index contributed by atoms with van der Waals surface area (Å²) in [5, 5.41) is 0. The number of carbonyl (C=O) groups is 2. The molecule has 0 heterocycles. The average Bonchev–Trinajstić information content (AvgIpc) is 3.10. The van der Waals surface area contributed by atoms with Crippen molar-refractivity contribution in [2.75, 3.05) is 18.1 Å². The number of benzene rings is 5. The standard InChI is InChI=1S/C40H35NO5/c1-3-39(42)44-28-26-30-10-18-34(19-11-30)41(35-20-12-31(13-21-35)27-29-45-40(43)4-2)36-22-14-32(15-23-36)33-16-24-38(25-17-33)46-37-8-6-5-7-9-37/h3-25H,1-2,26-29H2. The van der Waals surface area contributed by atoms with Crippen molar-refractivity contribution in [1.29, 1.82) is 0 Å². The maximum absolute atomic E-state index is 11.4. The van der Waals surface area contributed by atoms with Crippen molar-refractivity contribution in [2.24, 2.45) is 0 Å². The predicted octanol–water partition coefficient (Wildman–Crippen LogP) is 9.16. The zero-order valence-electron chi connectivity index (χ0n) is 25.5. The van der Waals surface area contributed by atoms with Gasteiger partial charge in [0.25, 0.3) is 0 Å². The van der Waals surface area contributed by atoms with Crippen LogP contribution in [-0.2, 0) is 31.9 Å². The summed E-state index contributed by atoms with van der Waals surface area (Å²) in [6.45, 7) is 7.45. The molecule has 0 saturated carbocycles. The van der Waals surface area contributed by atoms with E-state index in [1.807, 2.05) is 66.7 Å². The van der Waals surface area contributed by atoms with Gasteiger partial charge >= 0.3 is 11.9 Å². The first-order valence-corrected chi connectivity index (χ1v) is 15.0. The van der Waals surface area contributed by atoms with Gasteiger partial charge in [0, 0.05) is 42.1 Å². The second kappa shape index (κ2) is 15.7. The fourth-order valence-corrected chi connectivity index (χ4v) is 4.87. The number of nitrogens with zero attached hydrogens (tertiary/aromatic N) is 1. The van der Waals surface area contributed by atoms with Gasteiger partial charge in [-0.1, -0.05) is 79.9 Å². The van der Waals surface area contributed by atoms with Crippen LogP contribution in [0.15, 0.2) is 153 Å². The maximum atomic E-state index is 11.4. The zero-order valence-corrected chi connectivity index (χ0v) is 25.5. The molecule has 230 valence electrons. The second-order valence-electron chi connectivity index (χ2n) is 10.4. The quantitative estimate of drug-likeness (QED) is 0.0924. The lowest BCUT2D eigenvalue weighted by molar-refractivity contribution is -0.138. The van der Waals surface area contributed by atoms with Crippen molar-refractivity contribution in [2.45, 2.75) is 12.8 Å². The maximum Gasteiger partial charge on any atom is 0.330 e. The van der Waals surface area contributed by atoms with Crippen molar-refractivity contribution in [3.8, 4) is 22.6 Å². The molecular formula is C40H35NO5. The summed E-state index contributed by atoms with van der Waals surface area (Å²) in [4.78, 5) is 25.0. The molecule has 0 atom stereocenters. The number of carbonyl (C=O) groups excluding carboxylic acids is 2. The van der Waals surface area contributed by atoms with Crippen LogP contribution in [0.3, 0.4) is 0 Å². The van der Waals surface area contributed by atoms with Gasteiger partial charge in [-0.15, -0.1) is 0 Å². The molecule has 0 aromatic heterocycles. The van der Waals surface area contributed by atoms with Gasteiger partial charge in [-0.25, -0.2) is 9.59 Å². The van der Waals surface area contributed by atoms with Gasteiger partial charge in [-0.2, -0.15) is 0 Å². The third kappa shape index (κ3) is 8.61. The van der Waals surface area contributed by atoms with E-state index < -0.39 is 11.9 Å². The van der Waals surface area contributed by atoms with E-state index in [0.717, 1.165) is 50.8 Å². The molecule has 5 rings (SSSR count). The van der Waals surface area contributed by atoms with E-state index in [0.29, 0.717) is 12.8 Å². The third-order valence-electron chi connectivity index (χ3n) is 7.28. The third-order valence-corrected chi connectivity index (χ3v) is 7.28. The van der Waals surface area contributed by atoms with Crippen LogP contribution in [0, 0.1) is 0 Å². The minimum Gasteiger partial charge on any atom is -0.462 e. The summed E-state index contributed by atoms with van der Waals surface area (Å²) >= 11 is 0. The van der Waals surface area contributed by atoms with Crippen molar-refractivity contribution in [1.82, 2.24) is 0 Å². The lowest BCUT2D eigenvalue weighted by Gasteiger charge is -2.26. The normalized spacial score (nSPS) is 10.4. The van der Waals surface area contributed by atoms with Crippen LogP contribution in [0.4, 0.5) is 17.1 Å². The Bertz CT molecular complexity index is 1680. The van der Waals surface area contributed by atoms with Gasteiger partial charge in [0.1, 0.15) is 11.5 Å². The minimum absolute atomic E-state index is 0.290. The highest BCUT2D eigenvalue weighted by Gasteiger charge is 2.14. The van der Waals surface area contributed by atoms with E-state index >= 15 is 0 Å². The van der Waals surface area contributed by atoms with Gasteiger partial charge in [0.2, 0.25) is 0 Å². The number of hydrogen-bond acceptors (Lipinski definition) is 6. The molecule has 6 heteroatoms. The highest BCUT2D eigenvalue weighted by molar-refractivity contribution is 5.81. The number of hydrogen-bond donors (Lipinski definition) is 0. The van der Waals surface area contributed by atoms with Crippen molar-refractivity contribution < 1.29 is 23.8 Å². The molecule has 5 aromatic carbocycles. The highest BCUT2D eigenvalue weighted by Crippen LogP contribution is 2.36. The Kier molecular flexibility index (Phi) is 10.8. The number of ether oxygens (including phenoxy) is 3. The van der Waals surface area contributed by atoms with Crippen LogP contribution in [0.25, 0.3) is 11.1 Å². The molecule has 0 amide bonds. The number of anilines is 3. The van der Waals surface area contributed by atoms with Crippen LogP contribution in [0.5, 0.6) is 11.5 Å². The molecule has 46 heavy (non-hydrogen) atoms. The first-order valence-electron chi connectivity index (χ1n) is 15.0. The molecular weight excluding hydrogens is 574 g/mol. The zero-order chi connectivity index (χ0) is 32.1. The molecule has 0 radical (unpaired) electrons. The SMILES string of the molecule is C=CC(=O)OCCc1ccc(N(c2ccc(CCOC(=O)C=C)cc2)c2ccc(-c3ccc(Oc4ccccc4)cc3)cc2)cc1. The topological polar surface area (TPSA) is 65.1 Å². The van der Waals surface area contributed by atoms with Crippen LogP contribution < -0.4 is 9.64 Å². The molecule has 0 saturated heterocycles. The van der Waals surface area contributed by atoms with Gasteiger partial charge < -0.3 is 19.1 Å². The number of rotatable bonds is 14. The van der Waals surface area contributed by atoms with Gasteiger partial charge in [0.15, 0.2) is 0 Å². The van der Waals surface area contributed by atoms with E-state index in [4.69, 9.17) is 14.2 Å². The Balaban J connectivity index is 1.35. The summed E-state index contributed by atoms with van der Waals surface area (Å²) in [5.41, 5.74) is 7.24. The molecule has 0 bridgehead atoms. The molecule has 0 aliphatic carbocycles. The Labute approximate surface area is 269 Å². The van der Waals surface area contributed by atoms with Gasteiger partial charge in [-0.3, -0.25) is 0 Å². The van der Waals surface area contributed by atoms with Crippen molar-refractivity contribution in [3.63, 3.8) is 0 Å². The number of para-hydroxylation sites is 1. The predicted molar refractivity (Wildman–Crippen MR) is 183 cm³/mol. The smallest absolute Gasteiger partial charge is 0.330 e. The molecule has 5 aromatic rings. The fraction of sp³-hybridized carbons (Fsp3) is 0.100. The lowest BCUT2D eigenvalue weighted by atomic mass is 10.0. The first kappa shape index (κ1) is 31.5. The summed E-state index contributed by atoms with van der Waals surface area (Å²) in [6, 6.07) is 42.6. The summed E-state index contributed by atoms with van der Waals surface area (Å²) in [7, 11) is 0. The molecule has 6 nitrogen and oxygen atoms in total. The van der Waals surface area contributed by atoms with Crippen LogP contribution in [0.1, 0.15) is 11.1 Å². The molecule has 0 fully saturated rings. The molecule has 0 aliphatic heterocycles. The molecule has 0 aliphatic rings. The molecule has 0 N–H and O–H groups in total. The van der Waals surface area contributed by atoms with E-state index in [2.05, 4.69) is 78.7 Å². The van der Waals surface area contributed by atoms with Gasteiger partial charge in [-0.05, 0) is 82.9 Å².